The topological polar surface area (TPSA) is 55.9 Å². The molecular formula is C13H17BrN4. The van der Waals surface area contributed by atoms with Crippen LogP contribution >= 0.6 is 15.9 Å². The number of aryl methyl sites for hydroxylation is 2. The Morgan fingerprint density at radius 2 is 2.22 bits per heavy atom. The molecule has 0 unspecified atom stereocenters. The van der Waals surface area contributed by atoms with Crippen molar-refractivity contribution in [1.29, 1.82) is 0 Å². The van der Waals surface area contributed by atoms with Crippen LogP contribution in [0.1, 0.15) is 18.2 Å². The number of nitrogens with one attached hydrogen (secondary N) is 1. The van der Waals surface area contributed by atoms with Gasteiger partial charge in [-0.15, -0.1) is 0 Å². The first-order valence-corrected chi connectivity index (χ1v) is 6.70. The van der Waals surface area contributed by atoms with Crippen LogP contribution in [0.2, 0.25) is 0 Å². The van der Waals surface area contributed by atoms with E-state index in [-0.39, 0.29) is 0 Å². The molecule has 0 amide bonds. The van der Waals surface area contributed by atoms with Gasteiger partial charge in [0, 0.05) is 18.1 Å². The number of nitrogens with zero attached hydrogens (tertiary/aromatic N) is 2. The maximum absolute atomic E-state index is 6.05. The highest BCUT2D eigenvalue weighted by molar-refractivity contribution is 9.10. The summed E-state index contributed by atoms with van der Waals surface area (Å²) in [7, 11) is 1.90. The second-order valence-corrected chi connectivity index (χ2v) is 5.09. The fourth-order valence-corrected chi connectivity index (χ4v) is 2.35. The molecule has 0 aliphatic heterocycles. The summed E-state index contributed by atoms with van der Waals surface area (Å²) in [4.78, 5) is 0. The molecule has 96 valence electrons. The average Bonchev–Trinajstić information content (AvgIpc) is 2.62. The summed E-state index contributed by atoms with van der Waals surface area (Å²) in [6.07, 6.45) is 0.845. The SMILES string of the molecule is CCc1nn(C)c(NCc2cccc(Br)c2)c1N. The summed E-state index contributed by atoms with van der Waals surface area (Å²) in [5.74, 6) is 0.881. The smallest absolute Gasteiger partial charge is 0.148 e. The van der Waals surface area contributed by atoms with Crippen LogP contribution in [-0.2, 0) is 20.0 Å². The maximum Gasteiger partial charge on any atom is 0.148 e. The maximum atomic E-state index is 6.05. The fourth-order valence-electron chi connectivity index (χ4n) is 1.90. The molecule has 2 aromatic rings. The third-order valence-corrected chi connectivity index (χ3v) is 3.34. The zero-order valence-electron chi connectivity index (χ0n) is 10.6. The van der Waals surface area contributed by atoms with Gasteiger partial charge in [0.05, 0.1) is 11.4 Å². The van der Waals surface area contributed by atoms with Gasteiger partial charge in [-0.25, -0.2) is 0 Å². The third kappa shape index (κ3) is 2.67. The van der Waals surface area contributed by atoms with E-state index in [1.807, 2.05) is 19.2 Å². The predicted octanol–water partition coefficient (Wildman–Crippen LogP) is 2.94. The Balaban J connectivity index is 2.13. The number of aromatic nitrogens is 2. The summed E-state index contributed by atoms with van der Waals surface area (Å²) >= 11 is 3.46. The van der Waals surface area contributed by atoms with Crippen molar-refractivity contribution < 1.29 is 0 Å². The van der Waals surface area contributed by atoms with Crippen molar-refractivity contribution in [2.75, 3.05) is 11.1 Å². The predicted molar refractivity (Wildman–Crippen MR) is 78.5 cm³/mol. The van der Waals surface area contributed by atoms with Crippen molar-refractivity contribution in [2.45, 2.75) is 19.9 Å². The Hall–Kier alpha value is -1.49. The Kier molecular flexibility index (Phi) is 3.91. The van der Waals surface area contributed by atoms with E-state index >= 15 is 0 Å². The van der Waals surface area contributed by atoms with E-state index in [2.05, 4.69) is 45.4 Å². The van der Waals surface area contributed by atoms with Gasteiger partial charge in [-0.1, -0.05) is 35.0 Å². The third-order valence-electron chi connectivity index (χ3n) is 2.84. The number of rotatable bonds is 4. The Morgan fingerprint density at radius 3 is 2.83 bits per heavy atom. The van der Waals surface area contributed by atoms with Crippen molar-refractivity contribution in [3.05, 3.63) is 40.0 Å². The molecule has 0 aliphatic rings. The minimum Gasteiger partial charge on any atom is -0.394 e. The first-order chi connectivity index (χ1) is 8.61. The van der Waals surface area contributed by atoms with Crippen molar-refractivity contribution in [3.63, 3.8) is 0 Å². The molecule has 0 saturated heterocycles. The summed E-state index contributed by atoms with van der Waals surface area (Å²) in [5.41, 5.74) is 8.94. The molecule has 5 heteroatoms. The number of benzene rings is 1. The van der Waals surface area contributed by atoms with Gasteiger partial charge in [-0.2, -0.15) is 5.10 Å². The first-order valence-electron chi connectivity index (χ1n) is 5.91. The van der Waals surface area contributed by atoms with Crippen molar-refractivity contribution in [2.24, 2.45) is 7.05 Å². The van der Waals surface area contributed by atoms with Gasteiger partial charge in [-0.3, -0.25) is 4.68 Å². The summed E-state index contributed by atoms with van der Waals surface area (Å²) < 4.78 is 2.88. The van der Waals surface area contributed by atoms with Crippen LogP contribution in [0.5, 0.6) is 0 Å². The Bertz CT molecular complexity index is 548. The lowest BCUT2D eigenvalue weighted by atomic mass is 10.2. The summed E-state index contributed by atoms with van der Waals surface area (Å²) in [5, 5.41) is 7.71. The summed E-state index contributed by atoms with van der Waals surface area (Å²) in [6.45, 7) is 2.78. The lowest BCUT2D eigenvalue weighted by Crippen LogP contribution is -2.06. The highest BCUT2D eigenvalue weighted by Gasteiger charge is 2.11. The normalized spacial score (nSPS) is 10.6. The number of nitrogens with two attached hydrogens (primary N) is 1. The van der Waals surface area contributed by atoms with Gasteiger partial charge in [0.1, 0.15) is 5.82 Å². The van der Waals surface area contributed by atoms with E-state index in [0.717, 1.165) is 34.6 Å². The van der Waals surface area contributed by atoms with Crippen LogP contribution in [-0.4, -0.2) is 9.78 Å². The van der Waals surface area contributed by atoms with Crippen molar-refractivity contribution in [1.82, 2.24) is 9.78 Å². The molecule has 4 nitrogen and oxygen atoms in total. The molecule has 0 saturated carbocycles. The minimum absolute atomic E-state index is 0.728. The molecule has 18 heavy (non-hydrogen) atoms. The lowest BCUT2D eigenvalue weighted by Gasteiger charge is -2.08. The molecule has 0 aliphatic carbocycles. The zero-order valence-corrected chi connectivity index (χ0v) is 12.2. The molecule has 1 aromatic carbocycles. The van der Waals surface area contributed by atoms with Crippen LogP contribution < -0.4 is 11.1 Å². The monoisotopic (exact) mass is 308 g/mol. The van der Waals surface area contributed by atoms with E-state index in [9.17, 15) is 0 Å². The average molecular weight is 309 g/mol. The zero-order chi connectivity index (χ0) is 13.1. The number of hydrogen-bond donors (Lipinski definition) is 2. The number of halogens is 1. The molecule has 0 spiro atoms. The van der Waals surface area contributed by atoms with Gasteiger partial charge >= 0.3 is 0 Å². The molecule has 2 rings (SSSR count). The van der Waals surface area contributed by atoms with Gasteiger partial charge < -0.3 is 11.1 Å². The number of hydrogen-bond acceptors (Lipinski definition) is 3. The van der Waals surface area contributed by atoms with E-state index in [0.29, 0.717) is 0 Å². The van der Waals surface area contributed by atoms with Crippen LogP contribution in [0.25, 0.3) is 0 Å². The molecule has 0 atom stereocenters. The fraction of sp³-hybridized carbons (Fsp3) is 0.308. The molecule has 3 N–H and O–H groups in total. The Labute approximate surface area is 115 Å². The molecule has 1 aromatic heterocycles. The van der Waals surface area contributed by atoms with Crippen molar-refractivity contribution >= 4 is 27.4 Å². The van der Waals surface area contributed by atoms with Crippen LogP contribution in [0, 0.1) is 0 Å². The minimum atomic E-state index is 0.728. The van der Waals surface area contributed by atoms with E-state index in [1.54, 1.807) is 4.68 Å². The second-order valence-electron chi connectivity index (χ2n) is 4.17. The highest BCUT2D eigenvalue weighted by atomic mass is 79.9. The highest BCUT2D eigenvalue weighted by Crippen LogP contribution is 2.23. The van der Waals surface area contributed by atoms with Gasteiger partial charge in [-0.05, 0) is 24.1 Å². The van der Waals surface area contributed by atoms with Crippen LogP contribution in [0.3, 0.4) is 0 Å². The van der Waals surface area contributed by atoms with Crippen LogP contribution in [0.4, 0.5) is 11.5 Å². The molecule has 0 fully saturated rings. The molecular weight excluding hydrogens is 292 g/mol. The van der Waals surface area contributed by atoms with Gasteiger partial charge in [0.25, 0.3) is 0 Å². The van der Waals surface area contributed by atoms with Gasteiger partial charge in [0.15, 0.2) is 0 Å². The summed E-state index contributed by atoms with van der Waals surface area (Å²) in [6, 6.07) is 8.19. The molecule has 1 heterocycles. The number of nitrogen functional groups attached to an aromatic ring is 1. The van der Waals surface area contributed by atoms with E-state index < -0.39 is 0 Å². The second kappa shape index (κ2) is 5.44. The first kappa shape index (κ1) is 13.0. The molecule has 0 radical (unpaired) electrons. The molecule has 0 bridgehead atoms. The van der Waals surface area contributed by atoms with Crippen LogP contribution in [0.15, 0.2) is 28.7 Å². The Morgan fingerprint density at radius 1 is 1.44 bits per heavy atom. The lowest BCUT2D eigenvalue weighted by molar-refractivity contribution is 0.747. The standard InChI is InChI=1S/C13H17BrN4/c1-3-11-12(15)13(18(2)17-11)16-8-9-5-4-6-10(14)7-9/h4-7,16H,3,8,15H2,1-2H3. The van der Waals surface area contributed by atoms with E-state index in [1.165, 1.54) is 5.56 Å². The number of anilines is 2. The van der Waals surface area contributed by atoms with Gasteiger partial charge in [0.2, 0.25) is 0 Å². The van der Waals surface area contributed by atoms with E-state index in [4.69, 9.17) is 5.73 Å². The van der Waals surface area contributed by atoms with Crippen molar-refractivity contribution in [3.8, 4) is 0 Å². The largest absolute Gasteiger partial charge is 0.394 e. The quantitative estimate of drug-likeness (QED) is 0.913.